The maximum Gasteiger partial charge on any atom is 0.256 e. The Morgan fingerprint density at radius 3 is 2.52 bits per heavy atom. The van der Waals surface area contributed by atoms with Crippen molar-refractivity contribution >= 4 is 23.2 Å². The molecule has 128 valence electrons. The van der Waals surface area contributed by atoms with E-state index in [-0.39, 0.29) is 5.91 Å². The zero-order chi connectivity index (χ0) is 16.7. The zero-order valence-corrected chi connectivity index (χ0v) is 14.7. The molecule has 1 fully saturated rings. The quantitative estimate of drug-likeness (QED) is 0.757. The van der Waals surface area contributed by atoms with Gasteiger partial charge in [0.2, 0.25) is 0 Å². The summed E-state index contributed by atoms with van der Waals surface area (Å²) in [5, 5.41) is 3.45. The first-order valence-corrected chi connectivity index (χ1v) is 8.78. The molecule has 0 atom stereocenters. The molecule has 0 aromatic heterocycles. The number of carbonyl (C=O) groups is 1. The van der Waals surface area contributed by atoms with Crippen LogP contribution in [0.4, 0.5) is 5.69 Å². The van der Waals surface area contributed by atoms with E-state index in [1.54, 1.807) is 19.2 Å². The highest BCUT2D eigenvalue weighted by Gasteiger charge is 2.38. The van der Waals surface area contributed by atoms with Crippen molar-refractivity contribution in [3.8, 4) is 5.75 Å². The fraction of sp³-hybridized carbons (Fsp3) is 0.611. The second-order valence-corrected chi connectivity index (χ2v) is 6.47. The number of rotatable bonds is 6. The Bertz CT molecular complexity index is 525. The monoisotopic (exact) mass is 339 g/mol. The van der Waals surface area contributed by atoms with Crippen LogP contribution >= 0.6 is 11.6 Å². The van der Waals surface area contributed by atoms with E-state index in [0.717, 1.165) is 44.9 Å². The van der Waals surface area contributed by atoms with E-state index in [1.165, 1.54) is 0 Å². The lowest BCUT2D eigenvalue weighted by Gasteiger charge is -2.29. The Balaban J connectivity index is 2.07. The van der Waals surface area contributed by atoms with Crippen molar-refractivity contribution in [3.05, 3.63) is 23.2 Å². The smallest absolute Gasteiger partial charge is 0.256 e. The zero-order valence-electron chi connectivity index (χ0n) is 14.0. The highest BCUT2D eigenvalue weighted by molar-refractivity contribution is 6.32. The van der Waals surface area contributed by atoms with Crippen LogP contribution in [0.2, 0.25) is 5.02 Å². The number of anilines is 1. The van der Waals surface area contributed by atoms with Crippen molar-refractivity contribution in [3.63, 3.8) is 0 Å². The molecule has 1 aliphatic rings. The van der Waals surface area contributed by atoms with E-state index < -0.39 is 5.60 Å². The number of methoxy groups -OCH3 is 1. The van der Waals surface area contributed by atoms with Gasteiger partial charge in [-0.25, -0.2) is 0 Å². The van der Waals surface area contributed by atoms with Crippen LogP contribution in [0.25, 0.3) is 0 Å². The van der Waals surface area contributed by atoms with Crippen LogP contribution in [0.3, 0.4) is 0 Å². The SMILES string of the molecule is CCCOc1ccc(NC(=O)C2(OC)CCCCCC2)cc1Cl. The molecule has 4 nitrogen and oxygen atoms in total. The van der Waals surface area contributed by atoms with Crippen molar-refractivity contribution in [2.45, 2.75) is 57.5 Å². The van der Waals surface area contributed by atoms with Crippen molar-refractivity contribution in [2.75, 3.05) is 19.0 Å². The van der Waals surface area contributed by atoms with Gasteiger partial charge in [0, 0.05) is 12.8 Å². The number of ether oxygens (including phenoxy) is 2. The summed E-state index contributed by atoms with van der Waals surface area (Å²) >= 11 is 6.22. The predicted molar refractivity (Wildman–Crippen MR) is 93.3 cm³/mol. The van der Waals surface area contributed by atoms with Crippen molar-refractivity contribution in [1.82, 2.24) is 0 Å². The molecule has 1 aromatic carbocycles. The maximum atomic E-state index is 12.7. The maximum absolute atomic E-state index is 12.7. The molecule has 1 amide bonds. The molecule has 0 saturated heterocycles. The van der Waals surface area contributed by atoms with E-state index in [9.17, 15) is 4.79 Å². The molecule has 0 aliphatic heterocycles. The molecule has 1 N–H and O–H groups in total. The topological polar surface area (TPSA) is 47.6 Å². The first kappa shape index (κ1) is 18.1. The third-order valence-electron chi connectivity index (χ3n) is 4.37. The van der Waals surface area contributed by atoms with E-state index in [0.29, 0.717) is 23.1 Å². The minimum atomic E-state index is -0.722. The van der Waals surface area contributed by atoms with Gasteiger partial charge >= 0.3 is 0 Å². The lowest BCUT2D eigenvalue weighted by Crippen LogP contribution is -2.44. The second-order valence-electron chi connectivity index (χ2n) is 6.06. The van der Waals surface area contributed by atoms with E-state index in [4.69, 9.17) is 21.1 Å². The van der Waals surface area contributed by atoms with Crippen molar-refractivity contribution in [1.29, 1.82) is 0 Å². The van der Waals surface area contributed by atoms with Crippen LogP contribution < -0.4 is 10.1 Å². The number of hydrogen-bond acceptors (Lipinski definition) is 3. The van der Waals surface area contributed by atoms with Gasteiger partial charge in [-0.1, -0.05) is 44.2 Å². The minimum absolute atomic E-state index is 0.0832. The molecule has 0 bridgehead atoms. The number of halogens is 1. The lowest BCUT2D eigenvalue weighted by molar-refractivity contribution is -0.139. The molecule has 0 radical (unpaired) electrons. The molecular formula is C18H26ClNO3. The number of nitrogens with one attached hydrogen (secondary N) is 1. The Kier molecular flexibility index (Phi) is 6.72. The van der Waals surface area contributed by atoms with Crippen LogP contribution in [0, 0.1) is 0 Å². The molecule has 2 rings (SSSR count). The Morgan fingerprint density at radius 1 is 1.26 bits per heavy atom. The first-order chi connectivity index (χ1) is 11.1. The summed E-state index contributed by atoms with van der Waals surface area (Å²) in [5.41, 5.74) is -0.0510. The second kappa shape index (κ2) is 8.55. The number of amides is 1. The number of hydrogen-bond donors (Lipinski definition) is 1. The predicted octanol–water partition coefficient (Wildman–Crippen LogP) is 4.81. The van der Waals surface area contributed by atoms with Gasteiger partial charge < -0.3 is 14.8 Å². The summed E-state index contributed by atoms with van der Waals surface area (Å²) in [6, 6.07) is 5.33. The molecule has 1 aromatic rings. The third-order valence-corrected chi connectivity index (χ3v) is 4.66. The molecule has 1 saturated carbocycles. The van der Waals surface area contributed by atoms with Crippen molar-refractivity contribution < 1.29 is 14.3 Å². The average molecular weight is 340 g/mol. The van der Waals surface area contributed by atoms with Crippen LogP contribution in [0.5, 0.6) is 5.75 Å². The molecule has 23 heavy (non-hydrogen) atoms. The summed E-state index contributed by atoms with van der Waals surface area (Å²) in [7, 11) is 1.62. The fourth-order valence-corrected chi connectivity index (χ4v) is 3.21. The lowest BCUT2D eigenvalue weighted by atomic mass is 9.93. The van der Waals surface area contributed by atoms with Gasteiger partial charge in [0.15, 0.2) is 0 Å². The largest absolute Gasteiger partial charge is 0.492 e. The highest BCUT2D eigenvalue weighted by atomic mass is 35.5. The Labute approximate surface area is 143 Å². The van der Waals surface area contributed by atoms with Gasteiger partial charge in [-0.3, -0.25) is 4.79 Å². The normalized spacial score (nSPS) is 17.3. The summed E-state index contributed by atoms with van der Waals surface area (Å²) in [6.07, 6.45) is 6.81. The summed E-state index contributed by atoms with van der Waals surface area (Å²) < 4.78 is 11.2. The summed E-state index contributed by atoms with van der Waals surface area (Å²) in [6.45, 7) is 2.66. The standard InChI is InChI=1S/C18H26ClNO3/c1-3-12-23-16-9-8-14(13-15(16)19)20-17(21)18(22-2)10-6-4-5-7-11-18/h8-9,13H,3-7,10-12H2,1-2H3,(H,20,21). The average Bonchev–Trinajstić information content (AvgIpc) is 2.80. The van der Waals surface area contributed by atoms with Gasteiger partial charge in [-0.05, 0) is 37.5 Å². The summed E-state index contributed by atoms with van der Waals surface area (Å²) in [4.78, 5) is 12.7. The van der Waals surface area contributed by atoms with E-state index in [2.05, 4.69) is 5.32 Å². The van der Waals surface area contributed by atoms with Crippen LogP contribution in [-0.2, 0) is 9.53 Å². The number of carbonyl (C=O) groups excluding carboxylic acids is 1. The van der Waals surface area contributed by atoms with E-state index in [1.807, 2.05) is 13.0 Å². The minimum Gasteiger partial charge on any atom is -0.492 e. The molecule has 5 heteroatoms. The van der Waals surface area contributed by atoms with Crippen molar-refractivity contribution in [2.24, 2.45) is 0 Å². The highest BCUT2D eigenvalue weighted by Crippen LogP contribution is 2.33. The third kappa shape index (κ3) is 4.61. The van der Waals surface area contributed by atoms with Crippen LogP contribution in [-0.4, -0.2) is 25.2 Å². The van der Waals surface area contributed by atoms with Crippen LogP contribution in [0.15, 0.2) is 18.2 Å². The summed E-state index contributed by atoms with van der Waals surface area (Å²) in [5.74, 6) is 0.558. The molecular weight excluding hydrogens is 314 g/mol. The van der Waals surface area contributed by atoms with Gasteiger partial charge in [0.1, 0.15) is 11.4 Å². The first-order valence-electron chi connectivity index (χ1n) is 8.40. The van der Waals surface area contributed by atoms with Crippen LogP contribution in [0.1, 0.15) is 51.9 Å². The number of benzene rings is 1. The van der Waals surface area contributed by atoms with E-state index >= 15 is 0 Å². The van der Waals surface area contributed by atoms with Gasteiger partial charge in [0.25, 0.3) is 5.91 Å². The fourth-order valence-electron chi connectivity index (χ4n) is 2.98. The Morgan fingerprint density at radius 2 is 1.96 bits per heavy atom. The van der Waals surface area contributed by atoms with Gasteiger partial charge in [0.05, 0.1) is 11.6 Å². The molecule has 0 unspecified atom stereocenters. The Hall–Kier alpha value is -1.26. The van der Waals surface area contributed by atoms with Gasteiger partial charge in [-0.15, -0.1) is 0 Å². The molecule has 0 heterocycles. The molecule has 1 aliphatic carbocycles. The van der Waals surface area contributed by atoms with Gasteiger partial charge in [-0.2, -0.15) is 0 Å². The molecule has 0 spiro atoms.